The van der Waals surface area contributed by atoms with Crippen LogP contribution in [0.15, 0.2) is 24.3 Å². The summed E-state index contributed by atoms with van der Waals surface area (Å²) in [6.07, 6.45) is 8.25. The summed E-state index contributed by atoms with van der Waals surface area (Å²) in [4.78, 5) is 15.1. The molecule has 1 aromatic rings. The summed E-state index contributed by atoms with van der Waals surface area (Å²) < 4.78 is 13.0. The average Bonchev–Trinajstić information content (AvgIpc) is 3.39. The molecule has 2 unspecified atom stereocenters. The third-order valence-electron chi connectivity index (χ3n) is 5.32. The van der Waals surface area contributed by atoms with Crippen LogP contribution in [0.5, 0.6) is 0 Å². The molecule has 0 bridgehead atoms. The van der Waals surface area contributed by atoms with Crippen molar-refractivity contribution in [2.24, 2.45) is 5.92 Å². The van der Waals surface area contributed by atoms with Crippen LogP contribution in [-0.4, -0.2) is 22.9 Å². The molecule has 1 amide bonds. The number of hydrogen-bond acceptors (Lipinski definition) is 1. The van der Waals surface area contributed by atoms with Gasteiger partial charge in [-0.2, -0.15) is 0 Å². The van der Waals surface area contributed by atoms with E-state index in [2.05, 4.69) is 4.90 Å². The number of carbonyl (C=O) groups is 1. The third-order valence-corrected chi connectivity index (χ3v) is 5.32. The summed E-state index contributed by atoms with van der Waals surface area (Å²) in [7, 11) is 0. The van der Waals surface area contributed by atoms with E-state index in [1.54, 1.807) is 0 Å². The second kappa shape index (κ2) is 5.11. The Labute approximate surface area is 125 Å². The molecule has 0 N–H and O–H groups in total. The Morgan fingerprint density at radius 2 is 1.62 bits per heavy atom. The van der Waals surface area contributed by atoms with Crippen molar-refractivity contribution in [1.82, 2.24) is 4.90 Å². The summed E-state index contributed by atoms with van der Waals surface area (Å²) in [5.41, 5.74) is 1.12. The van der Waals surface area contributed by atoms with Crippen molar-refractivity contribution in [2.45, 2.75) is 62.9 Å². The molecular formula is C18H22FNO. The van der Waals surface area contributed by atoms with Crippen molar-refractivity contribution in [3.05, 3.63) is 35.6 Å². The number of nitrogens with zero attached hydrogens (tertiary/aromatic N) is 1. The molecule has 3 aliphatic carbocycles. The van der Waals surface area contributed by atoms with Gasteiger partial charge in [0.2, 0.25) is 5.91 Å². The van der Waals surface area contributed by atoms with Crippen molar-refractivity contribution < 1.29 is 9.18 Å². The second-order valence-corrected chi connectivity index (χ2v) is 6.92. The summed E-state index contributed by atoms with van der Waals surface area (Å²) in [5.74, 6) is 0.643. The van der Waals surface area contributed by atoms with Gasteiger partial charge in [0.1, 0.15) is 5.82 Å². The maximum Gasteiger partial charge on any atom is 0.226 e. The summed E-state index contributed by atoms with van der Waals surface area (Å²) in [6, 6.07) is 7.71. The van der Waals surface area contributed by atoms with Crippen LogP contribution in [0.25, 0.3) is 0 Å². The van der Waals surface area contributed by atoms with Gasteiger partial charge in [-0.15, -0.1) is 0 Å². The molecule has 2 nitrogen and oxygen atoms in total. The fourth-order valence-electron chi connectivity index (χ4n) is 3.93. The van der Waals surface area contributed by atoms with Crippen LogP contribution in [0.3, 0.4) is 0 Å². The van der Waals surface area contributed by atoms with E-state index >= 15 is 0 Å². The molecule has 112 valence electrons. The molecule has 3 saturated carbocycles. The van der Waals surface area contributed by atoms with Crippen molar-refractivity contribution in [2.75, 3.05) is 0 Å². The predicted octanol–water partition coefficient (Wildman–Crippen LogP) is 3.86. The highest BCUT2D eigenvalue weighted by atomic mass is 19.1. The van der Waals surface area contributed by atoms with Gasteiger partial charge in [0.25, 0.3) is 0 Å². The van der Waals surface area contributed by atoms with E-state index in [1.165, 1.54) is 50.7 Å². The van der Waals surface area contributed by atoms with Crippen LogP contribution in [0.1, 0.15) is 56.4 Å². The Kier molecular flexibility index (Phi) is 3.24. The van der Waals surface area contributed by atoms with E-state index in [1.807, 2.05) is 12.1 Å². The molecule has 3 heteroatoms. The van der Waals surface area contributed by atoms with E-state index in [-0.39, 0.29) is 11.7 Å². The zero-order valence-electron chi connectivity index (χ0n) is 12.3. The maximum atomic E-state index is 13.0. The van der Waals surface area contributed by atoms with E-state index in [0.29, 0.717) is 23.9 Å². The third kappa shape index (κ3) is 2.58. The van der Waals surface area contributed by atoms with Gasteiger partial charge in [-0.25, -0.2) is 4.39 Å². The molecule has 0 aliphatic heterocycles. The zero-order chi connectivity index (χ0) is 14.4. The first-order valence-corrected chi connectivity index (χ1v) is 8.31. The fourth-order valence-corrected chi connectivity index (χ4v) is 3.93. The number of hydrogen-bond donors (Lipinski definition) is 0. The van der Waals surface area contributed by atoms with Crippen molar-refractivity contribution in [1.29, 1.82) is 0 Å². The van der Waals surface area contributed by atoms with E-state index < -0.39 is 0 Å². The number of amides is 1. The van der Waals surface area contributed by atoms with Gasteiger partial charge in [0, 0.05) is 18.0 Å². The molecule has 0 saturated heterocycles. The van der Waals surface area contributed by atoms with Crippen LogP contribution < -0.4 is 0 Å². The highest BCUT2D eigenvalue weighted by molar-refractivity contribution is 5.84. The second-order valence-electron chi connectivity index (χ2n) is 6.92. The van der Waals surface area contributed by atoms with Gasteiger partial charge in [-0.3, -0.25) is 4.79 Å². The average molecular weight is 287 g/mol. The lowest BCUT2D eigenvalue weighted by Gasteiger charge is -2.29. The first kappa shape index (κ1) is 13.3. The van der Waals surface area contributed by atoms with Crippen LogP contribution in [0, 0.1) is 11.7 Å². The van der Waals surface area contributed by atoms with Gasteiger partial charge in [0.15, 0.2) is 0 Å². The minimum absolute atomic E-state index is 0.150. The Morgan fingerprint density at radius 3 is 2.24 bits per heavy atom. The molecule has 0 heterocycles. The van der Waals surface area contributed by atoms with E-state index in [9.17, 15) is 9.18 Å². The number of benzene rings is 1. The Bertz CT molecular complexity index is 531. The van der Waals surface area contributed by atoms with Gasteiger partial charge < -0.3 is 4.90 Å². The monoisotopic (exact) mass is 287 g/mol. The first-order chi connectivity index (χ1) is 10.2. The van der Waals surface area contributed by atoms with Crippen LogP contribution in [-0.2, 0) is 4.79 Å². The summed E-state index contributed by atoms with van der Waals surface area (Å²) in [6.45, 7) is 0. The molecule has 0 radical (unpaired) electrons. The van der Waals surface area contributed by atoms with Gasteiger partial charge >= 0.3 is 0 Å². The molecule has 2 atom stereocenters. The molecule has 3 aliphatic rings. The van der Waals surface area contributed by atoms with E-state index in [4.69, 9.17) is 0 Å². The molecular weight excluding hydrogens is 265 g/mol. The number of halogens is 1. The summed E-state index contributed by atoms with van der Waals surface area (Å²) in [5, 5.41) is 0. The molecule has 21 heavy (non-hydrogen) atoms. The molecule has 4 rings (SSSR count). The minimum atomic E-state index is -0.201. The smallest absolute Gasteiger partial charge is 0.226 e. The van der Waals surface area contributed by atoms with E-state index in [0.717, 1.165) is 12.0 Å². The van der Waals surface area contributed by atoms with Crippen molar-refractivity contribution >= 4 is 5.91 Å². The lowest BCUT2D eigenvalue weighted by molar-refractivity contribution is -0.135. The Balaban J connectivity index is 1.46. The summed E-state index contributed by atoms with van der Waals surface area (Å²) >= 11 is 0. The molecule has 0 aromatic heterocycles. The van der Waals surface area contributed by atoms with Crippen molar-refractivity contribution in [3.8, 4) is 0 Å². The minimum Gasteiger partial charge on any atom is -0.336 e. The molecule has 1 aromatic carbocycles. The normalized spacial score (nSPS) is 28.6. The number of rotatable bonds is 4. The van der Waals surface area contributed by atoms with Gasteiger partial charge in [-0.05, 0) is 55.7 Å². The Morgan fingerprint density at radius 1 is 1.00 bits per heavy atom. The lowest BCUT2D eigenvalue weighted by atomic mass is 10.1. The van der Waals surface area contributed by atoms with Gasteiger partial charge in [-0.1, -0.05) is 25.0 Å². The fraction of sp³-hybridized carbons (Fsp3) is 0.611. The highest BCUT2D eigenvalue weighted by Gasteiger charge is 2.49. The Hall–Kier alpha value is -1.38. The zero-order valence-corrected chi connectivity index (χ0v) is 12.3. The highest BCUT2D eigenvalue weighted by Crippen LogP contribution is 2.50. The topological polar surface area (TPSA) is 20.3 Å². The SMILES string of the molecule is O=C(C1CC1c1ccc(F)cc1)N(C1CCCC1)C1CC1. The maximum absolute atomic E-state index is 13.0. The van der Waals surface area contributed by atoms with Crippen LogP contribution in [0.2, 0.25) is 0 Å². The van der Waals surface area contributed by atoms with Crippen molar-refractivity contribution in [3.63, 3.8) is 0 Å². The number of carbonyl (C=O) groups excluding carboxylic acids is 1. The van der Waals surface area contributed by atoms with Crippen LogP contribution >= 0.6 is 0 Å². The quantitative estimate of drug-likeness (QED) is 0.823. The largest absolute Gasteiger partial charge is 0.336 e. The lowest BCUT2D eigenvalue weighted by Crippen LogP contribution is -2.41. The van der Waals surface area contributed by atoms with Crippen LogP contribution in [0.4, 0.5) is 4.39 Å². The molecule has 3 fully saturated rings. The predicted molar refractivity (Wildman–Crippen MR) is 79.4 cm³/mol. The molecule has 0 spiro atoms. The van der Waals surface area contributed by atoms with Gasteiger partial charge in [0.05, 0.1) is 0 Å². The standard InChI is InChI=1S/C18H22FNO/c19-13-7-5-12(6-8-13)16-11-17(16)18(21)20(15-9-10-15)14-3-1-2-4-14/h5-8,14-17H,1-4,9-11H2. The first-order valence-electron chi connectivity index (χ1n) is 8.31.